The number of aromatic amines is 1. The van der Waals surface area contributed by atoms with Crippen molar-refractivity contribution in [2.24, 2.45) is 0 Å². The average Bonchev–Trinajstić information content (AvgIpc) is 2.62. The van der Waals surface area contributed by atoms with Crippen molar-refractivity contribution in [2.75, 3.05) is 0 Å². The number of aromatic nitrogens is 1. The minimum absolute atomic E-state index is 0.143. The summed E-state index contributed by atoms with van der Waals surface area (Å²) in [5.41, 5.74) is 2.85. The standard InChI is InChI=1S/C21H19NO4/c1-12-8-9-15(10-13(12)2)20(24)14(3)26-21(25)17-11-19(23)22-18-7-5-4-6-16(17)18/h4-11,14H,1-3H3,(H,22,23). The fourth-order valence-electron chi connectivity index (χ4n) is 2.78. The summed E-state index contributed by atoms with van der Waals surface area (Å²) < 4.78 is 5.34. The molecule has 1 heterocycles. The maximum Gasteiger partial charge on any atom is 0.339 e. The van der Waals surface area contributed by atoms with Crippen LogP contribution >= 0.6 is 0 Å². The molecule has 0 aliphatic rings. The Morgan fingerprint density at radius 3 is 2.46 bits per heavy atom. The first-order valence-corrected chi connectivity index (χ1v) is 8.31. The topological polar surface area (TPSA) is 76.2 Å². The van der Waals surface area contributed by atoms with Crippen LogP contribution in [0.15, 0.2) is 53.3 Å². The second-order valence-corrected chi connectivity index (χ2v) is 6.30. The number of benzene rings is 2. The van der Waals surface area contributed by atoms with Crippen molar-refractivity contribution >= 4 is 22.7 Å². The molecule has 132 valence electrons. The van der Waals surface area contributed by atoms with Crippen molar-refractivity contribution in [3.05, 3.63) is 81.1 Å². The van der Waals surface area contributed by atoms with Crippen LogP contribution in [0.2, 0.25) is 0 Å². The minimum Gasteiger partial charge on any atom is -0.451 e. The molecule has 5 heteroatoms. The molecule has 3 rings (SSSR count). The predicted octanol–water partition coefficient (Wildman–Crippen LogP) is 3.57. The van der Waals surface area contributed by atoms with E-state index in [4.69, 9.17) is 4.74 Å². The van der Waals surface area contributed by atoms with Crippen LogP contribution in [-0.4, -0.2) is 22.8 Å². The van der Waals surface area contributed by atoms with Crippen molar-refractivity contribution in [3.8, 4) is 0 Å². The van der Waals surface area contributed by atoms with E-state index in [0.717, 1.165) is 11.1 Å². The first-order valence-electron chi connectivity index (χ1n) is 8.31. The van der Waals surface area contributed by atoms with Gasteiger partial charge in [-0.2, -0.15) is 0 Å². The number of ether oxygens (including phenoxy) is 1. The van der Waals surface area contributed by atoms with E-state index in [9.17, 15) is 14.4 Å². The maximum atomic E-state index is 12.6. The highest BCUT2D eigenvalue weighted by Gasteiger charge is 2.22. The van der Waals surface area contributed by atoms with Crippen LogP contribution in [0.5, 0.6) is 0 Å². The summed E-state index contributed by atoms with van der Waals surface area (Å²) in [4.78, 5) is 39.6. The molecule has 1 aromatic heterocycles. The van der Waals surface area contributed by atoms with Gasteiger partial charge in [0.15, 0.2) is 6.10 Å². The number of Topliss-reactive ketones (excluding diaryl/α,β-unsaturated/α-hetero) is 1. The van der Waals surface area contributed by atoms with Gasteiger partial charge < -0.3 is 9.72 Å². The highest BCUT2D eigenvalue weighted by molar-refractivity contribution is 6.05. The molecule has 1 atom stereocenters. The van der Waals surface area contributed by atoms with Crippen LogP contribution in [-0.2, 0) is 4.74 Å². The third-order valence-corrected chi connectivity index (χ3v) is 4.41. The van der Waals surface area contributed by atoms with Crippen LogP contribution in [0.1, 0.15) is 38.8 Å². The summed E-state index contributed by atoms with van der Waals surface area (Å²) >= 11 is 0. The van der Waals surface area contributed by atoms with Crippen molar-refractivity contribution < 1.29 is 14.3 Å². The summed E-state index contributed by atoms with van der Waals surface area (Å²) in [5, 5.41) is 0.572. The lowest BCUT2D eigenvalue weighted by atomic mass is 10.0. The second kappa shape index (κ2) is 6.96. The van der Waals surface area contributed by atoms with E-state index in [-0.39, 0.29) is 11.3 Å². The number of fused-ring (bicyclic) bond motifs is 1. The number of H-pyrrole nitrogens is 1. The number of rotatable bonds is 4. The zero-order valence-electron chi connectivity index (χ0n) is 14.8. The Morgan fingerprint density at radius 1 is 1.00 bits per heavy atom. The van der Waals surface area contributed by atoms with E-state index in [0.29, 0.717) is 16.5 Å². The third kappa shape index (κ3) is 3.42. The molecule has 0 saturated carbocycles. The van der Waals surface area contributed by atoms with E-state index in [1.807, 2.05) is 19.9 Å². The van der Waals surface area contributed by atoms with Crippen molar-refractivity contribution in [2.45, 2.75) is 26.9 Å². The molecular formula is C21H19NO4. The van der Waals surface area contributed by atoms with Crippen molar-refractivity contribution in [1.82, 2.24) is 4.98 Å². The lowest BCUT2D eigenvalue weighted by Crippen LogP contribution is -2.25. The van der Waals surface area contributed by atoms with E-state index in [1.54, 1.807) is 36.4 Å². The maximum absolute atomic E-state index is 12.6. The van der Waals surface area contributed by atoms with Gasteiger partial charge in [-0.05, 0) is 44.0 Å². The Kier molecular flexibility index (Phi) is 4.71. The van der Waals surface area contributed by atoms with Gasteiger partial charge in [0.05, 0.1) is 5.56 Å². The zero-order valence-corrected chi connectivity index (χ0v) is 14.8. The highest BCUT2D eigenvalue weighted by atomic mass is 16.5. The van der Waals surface area contributed by atoms with Gasteiger partial charge in [-0.15, -0.1) is 0 Å². The highest BCUT2D eigenvalue weighted by Crippen LogP contribution is 2.18. The molecule has 0 aliphatic carbocycles. The van der Waals surface area contributed by atoms with Crippen LogP contribution in [0, 0.1) is 13.8 Å². The van der Waals surface area contributed by atoms with Crippen molar-refractivity contribution in [3.63, 3.8) is 0 Å². The number of esters is 1. The van der Waals surface area contributed by atoms with Crippen LogP contribution in [0.25, 0.3) is 10.9 Å². The number of hydrogen-bond donors (Lipinski definition) is 1. The first-order chi connectivity index (χ1) is 12.4. The molecule has 1 N–H and O–H groups in total. The molecule has 0 bridgehead atoms. The van der Waals surface area contributed by atoms with E-state index < -0.39 is 17.6 Å². The van der Waals surface area contributed by atoms with Gasteiger partial charge >= 0.3 is 5.97 Å². The van der Waals surface area contributed by atoms with Gasteiger partial charge in [-0.1, -0.05) is 30.3 Å². The van der Waals surface area contributed by atoms with Gasteiger partial charge in [0.25, 0.3) is 0 Å². The molecule has 3 aromatic rings. The smallest absolute Gasteiger partial charge is 0.339 e. The Bertz CT molecular complexity index is 1070. The lowest BCUT2D eigenvalue weighted by Gasteiger charge is -2.14. The molecular weight excluding hydrogens is 330 g/mol. The van der Waals surface area contributed by atoms with Gasteiger partial charge in [0.1, 0.15) is 0 Å². The summed E-state index contributed by atoms with van der Waals surface area (Å²) in [6.07, 6.45) is -0.956. The predicted molar refractivity (Wildman–Crippen MR) is 99.7 cm³/mol. The van der Waals surface area contributed by atoms with Gasteiger partial charge in [0, 0.05) is 22.5 Å². The lowest BCUT2D eigenvalue weighted by molar-refractivity contribution is 0.0320. The molecule has 26 heavy (non-hydrogen) atoms. The summed E-state index contributed by atoms with van der Waals surface area (Å²) in [7, 11) is 0. The van der Waals surface area contributed by atoms with E-state index >= 15 is 0 Å². The van der Waals surface area contributed by atoms with Crippen LogP contribution in [0.3, 0.4) is 0 Å². The summed E-state index contributed by atoms with van der Waals surface area (Å²) in [6, 6.07) is 13.5. The Hall–Kier alpha value is -3.21. The first kappa shape index (κ1) is 17.6. The number of ketones is 1. The molecule has 0 fully saturated rings. The second-order valence-electron chi connectivity index (χ2n) is 6.30. The number of para-hydroxylation sites is 1. The largest absolute Gasteiger partial charge is 0.451 e. The normalized spacial score (nSPS) is 12.0. The fourth-order valence-corrected chi connectivity index (χ4v) is 2.78. The van der Waals surface area contributed by atoms with Gasteiger partial charge in [0.2, 0.25) is 11.3 Å². The van der Waals surface area contributed by atoms with Crippen LogP contribution in [0.4, 0.5) is 0 Å². The third-order valence-electron chi connectivity index (χ3n) is 4.41. The number of carbonyl (C=O) groups excluding carboxylic acids is 2. The molecule has 5 nitrogen and oxygen atoms in total. The molecule has 2 aromatic carbocycles. The molecule has 0 aliphatic heterocycles. The molecule has 0 radical (unpaired) electrons. The number of hydrogen-bond acceptors (Lipinski definition) is 4. The molecule has 0 spiro atoms. The molecule has 0 saturated heterocycles. The monoisotopic (exact) mass is 349 g/mol. The minimum atomic E-state index is -0.956. The zero-order chi connectivity index (χ0) is 18.8. The average molecular weight is 349 g/mol. The number of carbonyl (C=O) groups is 2. The SMILES string of the molecule is Cc1ccc(C(=O)C(C)OC(=O)c2cc(=O)[nH]c3ccccc23)cc1C. The van der Waals surface area contributed by atoms with Crippen molar-refractivity contribution in [1.29, 1.82) is 0 Å². The van der Waals surface area contributed by atoms with Gasteiger partial charge in [-0.3, -0.25) is 9.59 Å². The molecule has 0 amide bonds. The summed E-state index contributed by atoms with van der Waals surface area (Å²) in [6.45, 7) is 5.42. The van der Waals surface area contributed by atoms with E-state index in [1.165, 1.54) is 13.0 Å². The Balaban J connectivity index is 1.87. The Labute approximate surface area is 150 Å². The number of nitrogens with one attached hydrogen (secondary N) is 1. The number of pyridine rings is 1. The van der Waals surface area contributed by atoms with E-state index in [2.05, 4.69) is 4.98 Å². The fraction of sp³-hybridized carbons (Fsp3) is 0.190. The Morgan fingerprint density at radius 2 is 1.73 bits per heavy atom. The summed E-state index contributed by atoms with van der Waals surface area (Å²) in [5.74, 6) is -0.979. The van der Waals surface area contributed by atoms with Gasteiger partial charge in [-0.25, -0.2) is 4.79 Å². The molecule has 1 unspecified atom stereocenters. The number of aryl methyl sites for hydroxylation is 2. The quantitative estimate of drug-likeness (QED) is 0.577. The van der Waals surface area contributed by atoms with Crippen LogP contribution < -0.4 is 5.56 Å².